The zero-order chi connectivity index (χ0) is 13.4. The summed E-state index contributed by atoms with van der Waals surface area (Å²) in [5, 5.41) is 9.34. The summed E-state index contributed by atoms with van der Waals surface area (Å²) >= 11 is 0. The van der Waals surface area contributed by atoms with Gasteiger partial charge in [-0.15, -0.1) is 0 Å². The van der Waals surface area contributed by atoms with Crippen LogP contribution in [0.25, 0.3) is 0 Å². The fraction of sp³-hybridized carbons (Fsp3) is 0.714. The fourth-order valence-electron chi connectivity index (χ4n) is 3.36. The fourth-order valence-corrected chi connectivity index (χ4v) is 3.36. The summed E-state index contributed by atoms with van der Waals surface area (Å²) in [5.74, 6) is 0.602. The van der Waals surface area contributed by atoms with Crippen LogP contribution in [-0.4, -0.2) is 39.1 Å². The Labute approximate surface area is 113 Å². The predicted octanol–water partition coefficient (Wildman–Crippen LogP) is 2.07. The van der Waals surface area contributed by atoms with Crippen LogP contribution in [0.4, 0.5) is 0 Å². The standard InChI is InChI=1S/C14H21N3O2/c1-16-7-8-17-11(9-16)12(14(18)19)15-13(17)10-5-3-2-4-6-10/h10H,2-9H2,1H3,(H,18,19). The van der Waals surface area contributed by atoms with E-state index in [9.17, 15) is 9.90 Å². The monoisotopic (exact) mass is 263 g/mol. The molecule has 1 fully saturated rings. The molecule has 0 spiro atoms. The van der Waals surface area contributed by atoms with E-state index >= 15 is 0 Å². The van der Waals surface area contributed by atoms with Gasteiger partial charge >= 0.3 is 5.97 Å². The Hall–Kier alpha value is -1.36. The van der Waals surface area contributed by atoms with Crippen LogP contribution in [0.5, 0.6) is 0 Å². The summed E-state index contributed by atoms with van der Waals surface area (Å²) in [7, 11) is 2.03. The van der Waals surface area contributed by atoms with Crippen molar-refractivity contribution in [3.05, 3.63) is 17.2 Å². The van der Waals surface area contributed by atoms with Crippen molar-refractivity contribution in [2.75, 3.05) is 13.6 Å². The quantitative estimate of drug-likeness (QED) is 0.887. The van der Waals surface area contributed by atoms with Crippen molar-refractivity contribution >= 4 is 5.97 Å². The van der Waals surface area contributed by atoms with E-state index in [1.165, 1.54) is 19.3 Å². The topological polar surface area (TPSA) is 58.4 Å². The first kappa shape index (κ1) is 12.7. The van der Waals surface area contributed by atoms with Gasteiger partial charge in [0, 0.05) is 25.6 Å². The Morgan fingerprint density at radius 2 is 2.00 bits per heavy atom. The molecular weight excluding hydrogens is 242 g/mol. The van der Waals surface area contributed by atoms with E-state index in [0.717, 1.165) is 37.4 Å². The van der Waals surface area contributed by atoms with Crippen molar-refractivity contribution in [1.82, 2.24) is 14.5 Å². The second-order valence-electron chi connectivity index (χ2n) is 5.79. The van der Waals surface area contributed by atoms with E-state index in [1.54, 1.807) is 0 Å². The Kier molecular flexibility index (Phi) is 3.31. The molecule has 5 nitrogen and oxygen atoms in total. The van der Waals surface area contributed by atoms with Gasteiger partial charge in [-0.05, 0) is 19.9 Å². The van der Waals surface area contributed by atoms with Crippen molar-refractivity contribution in [3.8, 4) is 0 Å². The molecule has 19 heavy (non-hydrogen) atoms. The van der Waals surface area contributed by atoms with E-state index in [0.29, 0.717) is 12.5 Å². The minimum Gasteiger partial charge on any atom is -0.476 e. The van der Waals surface area contributed by atoms with Crippen LogP contribution in [0.3, 0.4) is 0 Å². The minimum absolute atomic E-state index is 0.270. The van der Waals surface area contributed by atoms with Crippen molar-refractivity contribution in [3.63, 3.8) is 0 Å². The summed E-state index contributed by atoms with van der Waals surface area (Å²) in [6.07, 6.45) is 6.11. The first-order chi connectivity index (χ1) is 9.16. The molecule has 0 radical (unpaired) electrons. The average Bonchev–Trinajstić information content (AvgIpc) is 2.78. The molecular formula is C14H21N3O2. The van der Waals surface area contributed by atoms with E-state index in [4.69, 9.17) is 0 Å². The van der Waals surface area contributed by atoms with Gasteiger partial charge in [-0.25, -0.2) is 9.78 Å². The third-order valence-electron chi connectivity index (χ3n) is 4.40. The molecule has 1 aliphatic carbocycles. The number of carboxylic acids is 1. The smallest absolute Gasteiger partial charge is 0.356 e. The van der Waals surface area contributed by atoms with Gasteiger partial charge in [-0.3, -0.25) is 4.90 Å². The zero-order valence-electron chi connectivity index (χ0n) is 11.4. The number of nitrogens with zero attached hydrogens (tertiary/aromatic N) is 3. The SMILES string of the molecule is CN1CCn2c(C3CCCCC3)nc(C(=O)O)c2C1. The van der Waals surface area contributed by atoms with E-state index < -0.39 is 5.97 Å². The Morgan fingerprint density at radius 3 is 2.68 bits per heavy atom. The van der Waals surface area contributed by atoms with Crippen LogP contribution in [0, 0.1) is 0 Å². The molecule has 1 aliphatic heterocycles. The zero-order valence-corrected chi connectivity index (χ0v) is 11.4. The third kappa shape index (κ3) is 2.27. The van der Waals surface area contributed by atoms with Crippen molar-refractivity contribution in [2.45, 2.75) is 51.1 Å². The molecule has 1 N–H and O–H groups in total. The number of carbonyl (C=O) groups is 1. The molecule has 0 atom stereocenters. The molecule has 5 heteroatoms. The van der Waals surface area contributed by atoms with E-state index in [2.05, 4.69) is 14.5 Å². The largest absolute Gasteiger partial charge is 0.476 e. The number of likely N-dealkylation sites (N-methyl/N-ethyl adjacent to an activating group) is 1. The number of fused-ring (bicyclic) bond motifs is 1. The second kappa shape index (κ2) is 4.96. The lowest BCUT2D eigenvalue weighted by atomic mass is 9.88. The summed E-state index contributed by atoms with van der Waals surface area (Å²) in [6, 6.07) is 0. The first-order valence-electron chi connectivity index (χ1n) is 7.18. The molecule has 1 aromatic heterocycles. The lowest BCUT2D eigenvalue weighted by molar-refractivity contribution is 0.0687. The molecule has 104 valence electrons. The molecule has 0 saturated heterocycles. The number of aromatic nitrogens is 2. The first-order valence-corrected chi connectivity index (χ1v) is 7.18. The molecule has 3 rings (SSSR count). The highest BCUT2D eigenvalue weighted by molar-refractivity contribution is 5.87. The van der Waals surface area contributed by atoms with Gasteiger partial charge in [0.25, 0.3) is 0 Å². The average molecular weight is 263 g/mol. The number of hydrogen-bond acceptors (Lipinski definition) is 3. The molecule has 0 bridgehead atoms. The number of imidazole rings is 1. The van der Waals surface area contributed by atoms with E-state index in [-0.39, 0.29) is 5.69 Å². The van der Waals surface area contributed by atoms with Gasteiger partial charge in [0.1, 0.15) is 5.82 Å². The minimum atomic E-state index is -0.888. The Morgan fingerprint density at radius 1 is 1.26 bits per heavy atom. The molecule has 0 aromatic carbocycles. The molecule has 0 amide bonds. The number of rotatable bonds is 2. The molecule has 2 aliphatic rings. The maximum absolute atomic E-state index is 11.4. The maximum Gasteiger partial charge on any atom is 0.356 e. The van der Waals surface area contributed by atoms with Crippen LogP contribution < -0.4 is 0 Å². The van der Waals surface area contributed by atoms with Crippen LogP contribution in [-0.2, 0) is 13.1 Å². The van der Waals surface area contributed by atoms with Gasteiger partial charge in [0.15, 0.2) is 5.69 Å². The molecule has 1 saturated carbocycles. The Balaban J connectivity index is 2.00. The highest BCUT2D eigenvalue weighted by Gasteiger charge is 2.29. The lowest BCUT2D eigenvalue weighted by Gasteiger charge is -2.28. The predicted molar refractivity (Wildman–Crippen MR) is 71.3 cm³/mol. The van der Waals surface area contributed by atoms with Crippen LogP contribution in [0.2, 0.25) is 0 Å². The lowest BCUT2D eigenvalue weighted by Crippen LogP contribution is -2.32. The second-order valence-corrected chi connectivity index (χ2v) is 5.79. The molecule has 0 unspecified atom stereocenters. The van der Waals surface area contributed by atoms with Crippen molar-refractivity contribution in [2.24, 2.45) is 0 Å². The summed E-state index contributed by atoms with van der Waals surface area (Å²) < 4.78 is 2.18. The van der Waals surface area contributed by atoms with Gasteiger partial charge in [-0.2, -0.15) is 0 Å². The Bertz CT molecular complexity index is 489. The van der Waals surface area contributed by atoms with Crippen LogP contribution in [0.1, 0.15) is 60.0 Å². The maximum atomic E-state index is 11.4. The highest BCUT2D eigenvalue weighted by atomic mass is 16.4. The molecule has 2 heterocycles. The van der Waals surface area contributed by atoms with Gasteiger partial charge in [-0.1, -0.05) is 19.3 Å². The van der Waals surface area contributed by atoms with Gasteiger partial charge < -0.3 is 9.67 Å². The normalized spacial score (nSPS) is 21.3. The third-order valence-corrected chi connectivity index (χ3v) is 4.40. The summed E-state index contributed by atoms with van der Waals surface area (Å²) in [5.41, 5.74) is 1.16. The number of carboxylic acid groups (broad SMARTS) is 1. The van der Waals surface area contributed by atoms with E-state index in [1.807, 2.05) is 7.05 Å². The highest BCUT2D eigenvalue weighted by Crippen LogP contribution is 2.34. The summed E-state index contributed by atoms with van der Waals surface area (Å²) in [4.78, 5) is 18.0. The number of hydrogen-bond donors (Lipinski definition) is 1. The van der Waals surface area contributed by atoms with Gasteiger partial charge in [0.2, 0.25) is 0 Å². The summed E-state index contributed by atoms with van der Waals surface area (Å²) in [6.45, 7) is 2.54. The molecule has 1 aromatic rings. The van der Waals surface area contributed by atoms with Crippen LogP contribution in [0.15, 0.2) is 0 Å². The van der Waals surface area contributed by atoms with Crippen LogP contribution >= 0.6 is 0 Å². The van der Waals surface area contributed by atoms with Gasteiger partial charge in [0.05, 0.1) is 5.69 Å². The van der Waals surface area contributed by atoms with Crippen molar-refractivity contribution < 1.29 is 9.90 Å². The van der Waals surface area contributed by atoms with Crippen molar-refractivity contribution in [1.29, 1.82) is 0 Å². The number of aromatic carboxylic acids is 1.